The molecule has 0 aliphatic rings. The summed E-state index contributed by atoms with van der Waals surface area (Å²) in [5.41, 5.74) is 0.475. The lowest BCUT2D eigenvalue weighted by molar-refractivity contribution is 0.0995. The molecule has 0 N–H and O–H groups in total. The van der Waals surface area contributed by atoms with E-state index in [1.165, 1.54) is 18.4 Å². The molecule has 0 saturated heterocycles. The zero-order valence-corrected chi connectivity index (χ0v) is 10.4. The van der Waals surface area contributed by atoms with Crippen LogP contribution < -0.4 is 9.54 Å². The molecule has 5 heteroatoms. The summed E-state index contributed by atoms with van der Waals surface area (Å²) in [6.45, 7) is 0. The van der Waals surface area contributed by atoms with E-state index in [1.807, 2.05) is 24.7 Å². The zero-order valence-electron chi connectivity index (χ0n) is 9.58. The van der Waals surface area contributed by atoms with Crippen LogP contribution in [-0.4, -0.2) is 17.6 Å². The summed E-state index contributed by atoms with van der Waals surface area (Å²) in [6.07, 6.45) is 1.86. The van der Waals surface area contributed by atoms with Crippen molar-refractivity contribution >= 4 is 17.2 Å². The number of aryl methyl sites for hydroxylation is 1. The quantitative estimate of drug-likeness (QED) is 0.814. The summed E-state index contributed by atoms with van der Waals surface area (Å²) in [5, 5.41) is 1.88. The zero-order chi connectivity index (χ0) is 12.3. The summed E-state index contributed by atoms with van der Waals surface area (Å²) in [4.78, 5) is 16.7. The van der Waals surface area contributed by atoms with Crippen LogP contribution in [0.4, 0.5) is 0 Å². The number of para-hydroxylation sites is 1. The second-order valence-corrected chi connectivity index (χ2v) is 4.29. The van der Waals surface area contributed by atoms with Crippen molar-refractivity contribution in [2.45, 2.75) is 0 Å². The van der Waals surface area contributed by atoms with E-state index in [4.69, 9.17) is 4.74 Å². The minimum Gasteiger partial charge on any atom is -0.496 e. The van der Waals surface area contributed by atoms with Crippen LogP contribution in [0.3, 0.4) is 0 Å². The van der Waals surface area contributed by atoms with Gasteiger partial charge in [0.2, 0.25) is 0 Å². The number of methoxy groups -OCH3 is 1. The smallest absolute Gasteiger partial charge is 0.283 e. The molecule has 0 unspecified atom stereocenters. The predicted molar refractivity (Wildman–Crippen MR) is 66.2 cm³/mol. The molecule has 0 radical (unpaired) electrons. The highest BCUT2D eigenvalue weighted by atomic mass is 32.1. The van der Waals surface area contributed by atoms with Gasteiger partial charge < -0.3 is 9.30 Å². The van der Waals surface area contributed by atoms with E-state index in [-0.39, 0.29) is 5.91 Å². The van der Waals surface area contributed by atoms with Gasteiger partial charge in [-0.15, -0.1) is 11.3 Å². The largest absolute Gasteiger partial charge is 0.496 e. The third-order valence-electron chi connectivity index (χ3n) is 2.29. The average molecular weight is 248 g/mol. The Bertz CT molecular complexity index is 598. The highest BCUT2D eigenvalue weighted by Gasteiger charge is 2.10. The van der Waals surface area contributed by atoms with Gasteiger partial charge in [0.1, 0.15) is 5.75 Å². The van der Waals surface area contributed by atoms with Crippen LogP contribution in [0.5, 0.6) is 5.75 Å². The molecule has 0 saturated carbocycles. The number of benzene rings is 1. The maximum Gasteiger partial charge on any atom is 0.283 e. The van der Waals surface area contributed by atoms with Gasteiger partial charge in [0.05, 0.1) is 12.7 Å². The molecule has 1 aromatic carbocycles. The molecule has 17 heavy (non-hydrogen) atoms. The molecule has 0 aliphatic heterocycles. The van der Waals surface area contributed by atoms with Gasteiger partial charge in [0.25, 0.3) is 5.91 Å². The molecule has 4 nitrogen and oxygen atoms in total. The van der Waals surface area contributed by atoms with E-state index < -0.39 is 0 Å². The number of rotatable bonds is 2. The lowest BCUT2D eigenvalue weighted by atomic mass is 10.2. The maximum atomic E-state index is 12.0. The number of amides is 1. The Labute approximate surface area is 103 Å². The normalized spacial score (nSPS) is 11.5. The second-order valence-electron chi connectivity index (χ2n) is 3.41. The van der Waals surface area contributed by atoms with Crippen molar-refractivity contribution in [2.75, 3.05) is 7.11 Å². The molecule has 1 heterocycles. The minimum atomic E-state index is -0.291. The van der Waals surface area contributed by atoms with Crippen LogP contribution in [0.2, 0.25) is 0 Å². The summed E-state index contributed by atoms with van der Waals surface area (Å²) in [6, 6.07) is 7.07. The third kappa shape index (κ3) is 2.45. The van der Waals surface area contributed by atoms with Crippen LogP contribution >= 0.6 is 11.3 Å². The molecule has 0 bridgehead atoms. The molecule has 0 atom stereocenters. The fourth-order valence-electron chi connectivity index (χ4n) is 1.40. The number of aromatic nitrogens is 1. The number of hydrogen-bond donors (Lipinski definition) is 0. The first-order valence-electron chi connectivity index (χ1n) is 5.04. The molecule has 1 aromatic heterocycles. The van der Waals surface area contributed by atoms with Crippen molar-refractivity contribution < 1.29 is 9.53 Å². The fraction of sp³-hybridized carbons (Fsp3) is 0.167. The number of thiazole rings is 1. The van der Waals surface area contributed by atoms with Crippen molar-refractivity contribution in [3.05, 3.63) is 46.2 Å². The Morgan fingerprint density at radius 2 is 2.18 bits per heavy atom. The maximum absolute atomic E-state index is 12.0. The fourth-order valence-corrected chi connectivity index (χ4v) is 2.13. The Kier molecular flexibility index (Phi) is 3.39. The highest BCUT2D eigenvalue weighted by Crippen LogP contribution is 2.17. The number of hydrogen-bond acceptors (Lipinski definition) is 3. The van der Waals surface area contributed by atoms with E-state index in [2.05, 4.69) is 4.99 Å². The van der Waals surface area contributed by atoms with Crippen molar-refractivity contribution in [3.63, 3.8) is 0 Å². The van der Waals surface area contributed by atoms with Crippen LogP contribution in [0.25, 0.3) is 0 Å². The number of ether oxygens (including phenoxy) is 1. The number of carbonyl (C=O) groups excluding carboxylic acids is 1. The first kappa shape index (κ1) is 11.6. The van der Waals surface area contributed by atoms with Gasteiger partial charge in [-0.2, -0.15) is 4.99 Å². The first-order chi connectivity index (χ1) is 8.22. The Balaban J connectivity index is 2.42. The standard InChI is InChI=1S/C12H12N2O2S/c1-14-7-8-17-12(14)13-11(15)9-5-3-4-6-10(9)16-2/h3-8H,1-2H3. The summed E-state index contributed by atoms with van der Waals surface area (Å²) in [7, 11) is 3.39. The Morgan fingerprint density at radius 3 is 2.82 bits per heavy atom. The van der Waals surface area contributed by atoms with Crippen LogP contribution in [0.15, 0.2) is 40.8 Å². The van der Waals surface area contributed by atoms with Gasteiger partial charge in [-0.3, -0.25) is 4.79 Å². The lowest BCUT2D eigenvalue weighted by Gasteiger charge is -2.03. The van der Waals surface area contributed by atoms with Crippen molar-refractivity contribution in [1.82, 2.24) is 4.57 Å². The molecule has 0 aliphatic carbocycles. The molecule has 88 valence electrons. The highest BCUT2D eigenvalue weighted by molar-refractivity contribution is 7.07. The Hall–Kier alpha value is -1.88. The van der Waals surface area contributed by atoms with Crippen molar-refractivity contribution in [2.24, 2.45) is 12.0 Å². The van der Waals surface area contributed by atoms with E-state index in [1.54, 1.807) is 22.8 Å². The molecule has 1 amide bonds. The van der Waals surface area contributed by atoms with E-state index >= 15 is 0 Å². The predicted octanol–water partition coefficient (Wildman–Crippen LogP) is 1.84. The van der Waals surface area contributed by atoms with E-state index in [0.29, 0.717) is 16.1 Å². The van der Waals surface area contributed by atoms with Gasteiger partial charge >= 0.3 is 0 Å². The molecule has 0 fully saturated rings. The van der Waals surface area contributed by atoms with Gasteiger partial charge in [0.15, 0.2) is 4.80 Å². The second kappa shape index (κ2) is 4.97. The number of carbonyl (C=O) groups is 1. The molecule has 2 aromatic rings. The molecular formula is C12H12N2O2S. The summed E-state index contributed by atoms with van der Waals surface area (Å²) in [5.74, 6) is 0.251. The monoisotopic (exact) mass is 248 g/mol. The molecule has 2 rings (SSSR count). The lowest BCUT2D eigenvalue weighted by Crippen LogP contribution is -2.13. The van der Waals surface area contributed by atoms with Gasteiger partial charge in [-0.1, -0.05) is 12.1 Å². The van der Waals surface area contributed by atoms with Crippen LogP contribution in [0.1, 0.15) is 10.4 Å². The first-order valence-corrected chi connectivity index (χ1v) is 5.92. The van der Waals surface area contributed by atoms with Gasteiger partial charge in [-0.05, 0) is 12.1 Å². The van der Waals surface area contributed by atoms with Crippen LogP contribution in [0, 0.1) is 0 Å². The van der Waals surface area contributed by atoms with E-state index in [9.17, 15) is 4.79 Å². The topological polar surface area (TPSA) is 43.6 Å². The average Bonchev–Trinajstić information content (AvgIpc) is 2.75. The Morgan fingerprint density at radius 1 is 1.41 bits per heavy atom. The SMILES string of the molecule is COc1ccccc1C(=O)N=c1sccn1C. The molecule has 0 spiro atoms. The van der Waals surface area contributed by atoms with Crippen molar-refractivity contribution in [1.29, 1.82) is 0 Å². The van der Waals surface area contributed by atoms with Crippen molar-refractivity contribution in [3.8, 4) is 5.75 Å². The van der Waals surface area contributed by atoms with Crippen LogP contribution in [-0.2, 0) is 7.05 Å². The number of nitrogens with zero attached hydrogens (tertiary/aromatic N) is 2. The third-order valence-corrected chi connectivity index (χ3v) is 3.14. The van der Waals surface area contributed by atoms with Gasteiger partial charge in [0, 0.05) is 18.6 Å². The summed E-state index contributed by atoms with van der Waals surface area (Å²) >= 11 is 1.42. The van der Waals surface area contributed by atoms with Gasteiger partial charge in [-0.25, -0.2) is 0 Å². The summed E-state index contributed by atoms with van der Waals surface area (Å²) < 4.78 is 6.94. The van der Waals surface area contributed by atoms with E-state index in [0.717, 1.165) is 0 Å². The molecular weight excluding hydrogens is 236 g/mol. The minimum absolute atomic E-state index is 0.291.